The first-order valence-electron chi connectivity index (χ1n) is 0. The molecule has 0 aliphatic heterocycles. The summed E-state index contributed by atoms with van der Waals surface area (Å²) in [6.45, 7) is 0. The van der Waals surface area contributed by atoms with Gasteiger partial charge < -0.3 is 0 Å². The van der Waals surface area contributed by atoms with E-state index in [2.05, 4.69) is 0 Å². The Kier molecular flexibility index (Phi) is 974. The number of hydrogen-bond acceptors (Lipinski definition) is 0. The molecule has 0 aliphatic rings. The van der Waals surface area contributed by atoms with Crippen molar-refractivity contribution in [3.63, 3.8) is 0 Å². The van der Waals surface area contributed by atoms with Crippen molar-refractivity contribution < 1.29 is 237 Å². The molecule has 0 radical (unpaired) electrons. The summed E-state index contributed by atoms with van der Waals surface area (Å²) in [5.41, 5.74) is 0. The molecule has 0 aromatic heterocycles. The van der Waals surface area contributed by atoms with Gasteiger partial charge in [0.05, 0.1) is 0 Å². The van der Waals surface area contributed by atoms with Crippen LogP contribution in [0.25, 0.3) is 0 Å². The number of hydrogen-bond donors (Lipinski definition) is 0. The van der Waals surface area contributed by atoms with E-state index in [9.17, 15) is 0 Å². The molecule has 0 heterocycles. The number of rotatable bonds is 0. The normalized spacial score (nSPS) is 0. The zero-order chi connectivity index (χ0) is 0. The van der Waals surface area contributed by atoms with Crippen molar-refractivity contribution in [2.24, 2.45) is 0 Å². The molecule has 0 saturated carbocycles. The van der Waals surface area contributed by atoms with Gasteiger partial charge >= 0.3 is 0 Å². The molecule has 0 bridgehead atoms. The van der Waals surface area contributed by atoms with Crippen molar-refractivity contribution in [2.75, 3.05) is 0 Å². The molecule has 100 valence electrons. The van der Waals surface area contributed by atoms with Gasteiger partial charge in [-0.15, -0.1) is 0 Å². The van der Waals surface area contributed by atoms with E-state index in [1.807, 2.05) is 0 Å². The quantitative estimate of drug-likeness (QED) is 0.300. The van der Waals surface area contributed by atoms with Crippen LogP contribution in [0.3, 0.4) is 0 Å². The van der Waals surface area contributed by atoms with Gasteiger partial charge in [0.1, 0.15) is 0 Å². The summed E-state index contributed by atoms with van der Waals surface area (Å²) in [5.74, 6) is 0. The van der Waals surface area contributed by atoms with E-state index in [-0.39, 0.29) is 237 Å². The molecule has 0 nitrogen and oxygen atoms in total. The maximum absolute atomic E-state index is 0. The van der Waals surface area contributed by atoms with Crippen molar-refractivity contribution in [3.8, 4) is 0 Å². The largest absolute Gasteiger partial charge is 0 e. The Labute approximate surface area is 231 Å². The molecular weight excluding hydrogens is 1400 g/mol. The predicted octanol–water partition coefficient (Wildman–Crippen LogP) is -0.0300. The molecule has 0 spiro atoms. The Bertz CT molecular complexity index is 7.80. The third-order valence-corrected chi connectivity index (χ3v) is 0. The van der Waals surface area contributed by atoms with Gasteiger partial charge in [0.15, 0.2) is 0 Å². The van der Waals surface area contributed by atoms with Crippen LogP contribution in [-0.4, -0.2) is 0 Å². The van der Waals surface area contributed by atoms with E-state index in [0.717, 1.165) is 0 Å². The van der Waals surface area contributed by atoms with Crippen molar-refractivity contribution in [1.29, 1.82) is 0 Å². The van der Waals surface area contributed by atoms with Crippen molar-refractivity contribution in [1.82, 2.24) is 0 Å². The zero-order valence-corrected chi connectivity index (χ0v) is 26.1. The molecule has 0 saturated heterocycles. The summed E-state index contributed by atoms with van der Waals surface area (Å²) in [4.78, 5) is 0. The molecule has 0 N–H and O–H groups in total. The maximum atomic E-state index is 0. The van der Waals surface area contributed by atoms with Crippen LogP contribution in [0.15, 0.2) is 0 Å². The van der Waals surface area contributed by atoms with Gasteiger partial charge in [0.25, 0.3) is 0 Å². The van der Waals surface area contributed by atoms with Gasteiger partial charge in [-0.3, -0.25) is 0 Å². The minimum atomic E-state index is 0. The summed E-state index contributed by atoms with van der Waals surface area (Å²) in [7, 11) is 0. The first-order chi connectivity index (χ1) is 0. The van der Waals surface area contributed by atoms with Crippen molar-refractivity contribution in [3.05, 3.63) is 0 Å². The summed E-state index contributed by atoms with van der Waals surface area (Å²) >= 11 is 0. The van der Waals surface area contributed by atoms with Crippen LogP contribution in [-0.2, 0) is 237 Å². The Hall–Kier alpha value is 7.61. The molecule has 0 aliphatic carbocycles. The fourth-order valence-corrected chi connectivity index (χ4v) is 0. The molecule has 0 amide bonds. The molecule has 0 aromatic carbocycles. The monoisotopic (exact) mass is 1410 g/mol. The predicted molar refractivity (Wildman–Crippen MR) is 0 cm³/mol. The second-order valence-electron chi connectivity index (χ2n) is 0. The van der Waals surface area contributed by atoms with Gasteiger partial charge in [-0.2, -0.15) is 0 Å². The minimum Gasteiger partial charge on any atom is 0 e. The van der Waals surface area contributed by atoms with E-state index >= 15 is 0 Å². The van der Waals surface area contributed by atoms with E-state index in [1.165, 1.54) is 0 Å². The van der Waals surface area contributed by atoms with Crippen molar-refractivity contribution in [2.45, 2.75) is 0 Å². The van der Waals surface area contributed by atoms with Crippen LogP contribution >= 0.6 is 0 Å². The Morgan fingerprint density at radius 2 is 0.167 bits per heavy atom. The second-order valence-corrected chi connectivity index (χ2v) is 0. The van der Waals surface area contributed by atoms with Crippen LogP contribution in [0.2, 0.25) is 0 Å². The van der Waals surface area contributed by atoms with Crippen LogP contribution in [0, 0.1) is 0 Å². The Morgan fingerprint density at radius 1 is 0.167 bits per heavy atom. The van der Waals surface area contributed by atoms with Crippen molar-refractivity contribution >= 4 is 0 Å². The molecule has 0 atom stereocenters. The van der Waals surface area contributed by atoms with Gasteiger partial charge in [0, 0.05) is 237 Å². The third-order valence-electron chi connectivity index (χ3n) is 0. The Balaban J connectivity index is 0. The van der Waals surface area contributed by atoms with Crippen LogP contribution in [0.4, 0.5) is 0 Å². The van der Waals surface area contributed by atoms with Gasteiger partial charge in [-0.25, -0.2) is 0 Å². The molecule has 0 aromatic rings. The third kappa shape index (κ3) is 83.9. The van der Waals surface area contributed by atoms with Crippen LogP contribution in [0.5, 0.6) is 0 Å². The summed E-state index contributed by atoms with van der Waals surface area (Å²) in [5, 5.41) is 0. The van der Waals surface area contributed by atoms with Gasteiger partial charge in [0.2, 0.25) is 0 Å². The van der Waals surface area contributed by atoms with Crippen LogP contribution < -0.4 is 0 Å². The molecule has 0 fully saturated rings. The molecule has 0 unspecified atom stereocenters. The molecular formula is Pt2Ru10. The molecule has 12 heavy (non-hydrogen) atoms. The molecule has 12 heteroatoms. The standard InChI is InChI=1S/2Pt.10Ru. The minimum absolute atomic E-state index is 0. The first kappa shape index (κ1) is 117. The van der Waals surface area contributed by atoms with Gasteiger partial charge in [-0.1, -0.05) is 0 Å². The first-order valence-corrected chi connectivity index (χ1v) is 0. The average molecular weight is 1400 g/mol. The summed E-state index contributed by atoms with van der Waals surface area (Å²) in [6, 6.07) is 0. The van der Waals surface area contributed by atoms with E-state index in [1.54, 1.807) is 0 Å². The average Bonchev–Trinajstić information content (AvgIpc) is 0. The van der Waals surface area contributed by atoms with Crippen LogP contribution in [0.1, 0.15) is 0 Å². The summed E-state index contributed by atoms with van der Waals surface area (Å²) < 4.78 is 0. The maximum Gasteiger partial charge on any atom is 0 e. The topological polar surface area (TPSA) is 0 Å². The van der Waals surface area contributed by atoms with Gasteiger partial charge in [-0.05, 0) is 0 Å². The fraction of sp³-hybridized carbons (Fsp3) is 0. The van der Waals surface area contributed by atoms with E-state index in [4.69, 9.17) is 0 Å². The summed E-state index contributed by atoms with van der Waals surface area (Å²) in [6.07, 6.45) is 0. The fourth-order valence-electron chi connectivity index (χ4n) is 0. The molecule has 0 rings (SSSR count). The Morgan fingerprint density at radius 3 is 0.167 bits per heavy atom. The van der Waals surface area contributed by atoms with E-state index in [0.29, 0.717) is 0 Å². The second kappa shape index (κ2) is 99.7. The van der Waals surface area contributed by atoms with E-state index < -0.39 is 0 Å². The SMILES string of the molecule is [Pt].[Pt].[Ru].[Ru].[Ru].[Ru].[Ru].[Ru].[Ru].[Ru].[Ru].[Ru]. The zero-order valence-electron chi connectivity index (χ0n) is 4.17. The smallest absolute Gasteiger partial charge is 0 e.